The minimum atomic E-state index is 0.399. The van der Waals surface area contributed by atoms with E-state index < -0.39 is 0 Å². The van der Waals surface area contributed by atoms with Gasteiger partial charge in [0.25, 0.3) is 0 Å². The van der Waals surface area contributed by atoms with Gasteiger partial charge in [-0.15, -0.1) is 0 Å². The van der Waals surface area contributed by atoms with Gasteiger partial charge in [0, 0.05) is 6.07 Å². The summed E-state index contributed by atoms with van der Waals surface area (Å²) in [5, 5.41) is 9.27. The summed E-state index contributed by atoms with van der Waals surface area (Å²) < 4.78 is 11.0. The molecular weight excluding hydrogens is 238 g/mol. The van der Waals surface area contributed by atoms with Crippen LogP contribution >= 0.6 is 11.6 Å². The number of ether oxygens (including phenoxy) is 2. The first-order chi connectivity index (χ1) is 8.08. The lowest BCUT2D eigenvalue weighted by atomic mass is 10.2. The number of nitrogens with zero attached hydrogens (tertiary/aromatic N) is 1. The van der Waals surface area contributed by atoms with Crippen molar-refractivity contribution < 1.29 is 9.47 Å². The minimum Gasteiger partial charge on any atom is -0.490 e. The fraction of sp³-hybridized carbons (Fsp3) is 0.462. The van der Waals surface area contributed by atoms with E-state index in [0.29, 0.717) is 41.2 Å². The van der Waals surface area contributed by atoms with Gasteiger partial charge in [-0.3, -0.25) is 0 Å². The molecule has 0 fully saturated rings. The number of hydrogen-bond acceptors (Lipinski definition) is 3. The molecule has 0 aromatic heterocycles. The number of nitriles is 1. The van der Waals surface area contributed by atoms with E-state index in [4.69, 9.17) is 26.3 Å². The number of halogens is 1. The zero-order chi connectivity index (χ0) is 12.8. The van der Waals surface area contributed by atoms with Gasteiger partial charge in [0.05, 0.1) is 29.9 Å². The highest BCUT2D eigenvalue weighted by Crippen LogP contribution is 2.36. The van der Waals surface area contributed by atoms with Crippen molar-refractivity contribution >= 4 is 11.6 Å². The molecule has 0 amide bonds. The number of rotatable bonds is 5. The molecule has 0 unspecified atom stereocenters. The average Bonchev–Trinajstić information content (AvgIpc) is 2.27. The molecule has 0 bridgehead atoms. The second kappa shape index (κ2) is 6.36. The maximum atomic E-state index is 8.86. The largest absolute Gasteiger partial charge is 0.490 e. The normalized spacial score (nSPS) is 10.1. The molecule has 1 aromatic carbocycles. The first-order valence-corrected chi connectivity index (χ1v) is 5.95. The van der Waals surface area contributed by atoms with Crippen molar-refractivity contribution in [1.29, 1.82) is 5.26 Å². The van der Waals surface area contributed by atoms with Crippen LogP contribution in [0.3, 0.4) is 0 Å². The van der Waals surface area contributed by atoms with Gasteiger partial charge < -0.3 is 9.47 Å². The molecule has 1 aromatic rings. The van der Waals surface area contributed by atoms with Crippen LogP contribution in [0, 0.1) is 17.2 Å². The molecule has 0 aliphatic carbocycles. The zero-order valence-corrected chi connectivity index (χ0v) is 11.0. The Morgan fingerprint density at radius 2 is 2.06 bits per heavy atom. The van der Waals surface area contributed by atoms with Crippen molar-refractivity contribution in [3.8, 4) is 17.6 Å². The lowest BCUT2D eigenvalue weighted by molar-refractivity contribution is 0.248. The maximum Gasteiger partial charge on any atom is 0.179 e. The van der Waals surface area contributed by atoms with Crippen LogP contribution < -0.4 is 9.47 Å². The predicted molar refractivity (Wildman–Crippen MR) is 67.7 cm³/mol. The van der Waals surface area contributed by atoms with E-state index in [1.165, 1.54) is 0 Å². The smallest absolute Gasteiger partial charge is 0.179 e. The van der Waals surface area contributed by atoms with Gasteiger partial charge in [-0.1, -0.05) is 25.4 Å². The van der Waals surface area contributed by atoms with Gasteiger partial charge in [-0.25, -0.2) is 0 Å². The number of hydrogen-bond donors (Lipinski definition) is 0. The van der Waals surface area contributed by atoms with Crippen LogP contribution in [-0.2, 0) is 0 Å². The fourth-order valence-electron chi connectivity index (χ4n) is 1.29. The fourth-order valence-corrected chi connectivity index (χ4v) is 1.55. The molecule has 0 saturated carbocycles. The van der Waals surface area contributed by atoms with Crippen LogP contribution in [-0.4, -0.2) is 13.2 Å². The third-order valence-corrected chi connectivity index (χ3v) is 2.28. The molecule has 0 aliphatic rings. The lowest BCUT2D eigenvalue weighted by Crippen LogP contribution is -2.06. The molecule has 0 aliphatic heterocycles. The van der Waals surface area contributed by atoms with E-state index in [1.54, 1.807) is 12.1 Å². The lowest BCUT2D eigenvalue weighted by Gasteiger charge is -2.15. The van der Waals surface area contributed by atoms with Crippen molar-refractivity contribution in [2.45, 2.75) is 20.8 Å². The van der Waals surface area contributed by atoms with E-state index in [-0.39, 0.29) is 0 Å². The average molecular weight is 254 g/mol. The summed E-state index contributed by atoms with van der Waals surface area (Å²) in [5.74, 6) is 1.44. The third-order valence-electron chi connectivity index (χ3n) is 2.00. The molecule has 0 atom stereocenters. The Labute approximate surface area is 107 Å². The highest BCUT2D eigenvalue weighted by molar-refractivity contribution is 6.32. The Kier molecular flexibility index (Phi) is 5.11. The van der Waals surface area contributed by atoms with E-state index in [1.807, 2.05) is 13.0 Å². The standard InChI is InChI=1S/C13H16ClNO2/c1-4-16-12-6-10(7-15)5-11(14)13(12)17-8-9(2)3/h5-6,9H,4,8H2,1-3H3. The summed E-state index contributed by atoms with van der Waals surface area (Å²) >= 11 is 6.08. The molecule has 0 heterocycles. The van der Waals surface area contributed by atoms with Crippen LogP contribution in [0.1, 0.15) is 26.3 Å². The molecule has 17 heavy (non-hydrogen) atoms. The Hall–Kier alpha value is -1.40. The zero-order valence-electron chi connectivity index (χ0n) is 10.3. The molecular formula is C13H16ClNO2. The summed E-state index contributed by atoms with van der Waals surface area (Å²) in [6.07, 6.45) is 0. The second-order valence-corrected chi connectivity index (χ2v) is 4.44. The van der Waals surface area contributed by atoms with Crippen molar-refractivity contribution in [2.75, 3.05) is 13.2 Å². The van der Waals surface area contributed by atoms with Gasteiger partial charge in [-0.05, 0) is 18.9 Å². The molecule has 0 spiro atoms. The summed E-state index contributed by atoms with van der Waals surface area (Å²) in [6.45, 7) is 7.05. The SMILES string of the molecule is CCOc1cc(C#N)cc(Cl)c1OCC(C)C. The van der Waals surface area contributed by atoms with Crippen LogP contribution in [0.4, 0.5) is 0 Å². The summed E-state index contributed by atoms with van der Waals surface area (Å²) in [4.78, 5) is 0. The van der Waals surface area contributed by atoms with Crippen LogP contribution in [0.5, 0.6) is 11.5 Å². The summed E-state index contributed by atoms with van der Waals surface area (Å²) in [6, 6.07) is 5.27. The Balaban J connectivity index is 3.04. The Morgan fingerprint density at radius 3 is 2.59 bits per heavy atom. The van der Waals surface area contributed by atoms with Crippen molar-refractivity contribution in [2.24, 2.45) is 5.92 Å². The van der Waals surface area contributed by atoms with Gasteiger partial charge >= 0.3 is 0 Å². The Morgan fingerprint density at radius 1 is 1.35 bits per heavy atom. The van der Waals surface area contributed by atoms with Crippen molar-refractivity contribution in [3.63, 3.8) is 0 Å². The summed E-state index contributed by atoms with van der Waals surface area (Å²) in [7, 11) is 0. The van der Waals surface area contributed by atoms with Crippen LogP contribution in [0.15, 0.2) is 12.1 Å². The highest BCUT2D eigenvalue weighted by Gasteiger charge is 2.13. The predicted octanol–water partition coefficient (Wildman–Crippen LogP) is 3.65. The van der Waals surface area contributed by atoms with E-state index >= 15 is 0 Å². The first kappa shape index (κ1) is 13.7. The monoisotopic (exact) mass is 253 g/mol. The first-order valence-electron chi connectivity index (χ1n) is 5.57. The van der Waals surface area contributed by atoms with Crippen LogP contribution in [0.2, 0.25) is 5.02 Å². The number of benzene rings is 1. The van der Waals surface area contributed by atoms with E-state index in [2.05, 4.69) is 13.8 Å². The molecule has 1 rings (SSSR count). The Bertz CT molecular complexity index is 424. The topological polar surface area (TPSA) is 42.2 Å². The maximum absolute atomic E-state index is 8.86. The quantitative estimate of drug-likeness (QED) is 0.804. The molecule has 3 nitrogen and oxygen atoms in total. The highest BCUT2D eigenvalue weighted by atomic mass is 35.5. The minimum absolute atomic E-state index is 0.399. The second-order valence-electron chi connectivity index (χ2n) is 4.03. The molecule has 4 heteroatoms. The van der Waals surface area contributed by atoms with Gasteiger partial charge in [0.1, 0.15) is 0 Å². The van der Waals surface area contributed by atoms with Gasteiger partial charge in [0.15, 0.2) is 11.5 Å². The molecule has 92 valence electrons. The molecule has 0 N–H and O–H groups in total. The van der Waals surface area contributed by atoms with Crippen molar-refractivity contribution in [3.05, 3.63) is 22.7 Å². The van der Waals surface area contributed by atoms with Gasteiger partial charge in [0.2, 0.25) is 0 Å². The third kappa shape index (κ3) is 3.83. The van der Waals surface area contributed by atoms with Crippen LogP contribution in [0.25, 0.3) is 0 Å². The van der Waals surface area contributed by atoms with E-state index in [0.717, 1.165) is 0 Å². The molecule has 0 saturated heterocycles. The molecule has 0 radical (unpaired) electrons. The van der Waals surface area contributed by atoms with Crippen molar-refractivity contribution in [1.82, 2.24) is 0 Å². The summed E-state index contributed by atoms with van der Waals surface area (Å²) in [5.41, 5.74) is 0.468. The van der Waals surface area contributed by atoms with Gasteiger partial charge in [-0.2, -0.15) is 5.26 Å². The van der Waals surface area contributed by atoms with E-state index in [9.17, 15) is 0 Å².